The summed E-state index contributed by atoms with van der Waals surface area (Å²) in [4.78, 5) is 12.1. The first-order chi connectivity index (χ1) is 10.1. The second kappa shape index (κ2) is 7.27. The summed E-state index contributed by atoms with van der Waals surface area (Å²) >= 11 is 3.44. The first kappa shape index (κ1) is 15.6. The number of amides is 1. The number of carbonyl (C=O) groups excluding carboxylic acids is 1. The quantitative estimate of drug-likeness (QED) is 0.894. The number of rotatable bonds is 5. The van der Waals surface area contributed by atoms with E-state index in [-0.39, 0.29) is 5.91 Å². The van der Waals surface area contributed by atoms with Gasteiger partial charge in [0.1, 0.15) is 5.75 Å². The highest BCUT2D eigenvalue weighted by molar-refractivity contribution is 9.10. The Hall–Kier alpha value is -1.81. The molecule has 0 radical (unpaired) electrons. The largest absolute Gasteiger partial charge is 0.496 e. The van der Waals surface area contributed by atoms with Crippen LogP contribution in [0.1, 0.15) is 21.5 Å². The highest BCUT2D eigenvalue weighted by Crippen LogP contribution is 2.18. The molecule has 0 aliphatic carbocycles. The third kappa shape index (κ3) is 4.08. The van der Waals surface area contributed by atoms with Gasteiger partial charge in [0.15, 0.2) is 0 Å². The predicted molar refractivity (Wildman–Crippen MR) is 87.9 cm³/mol. The maximum atomic E-state index is 12.1. The van der Waals surface area contributed by atoms with Crippen LogP contribution in [0.25, 0.3) is 0 Å². The number of carbonyl (C=O) groups is 1. The Balaban J connectivity index is 1.93. The zero-order chi connectivity index (χ0) is 15.2. The predicted octanol–water partition coefficient (Wildman–Crippen LogP) is 3.74. The van der Waals surface area contributed by atoms with E-state index in [4.69, 9.17) is 4.74 Å². The molecule has 0 aliphatic rings. The molecule has 21 heavy (non-hydrogen) atoms. The van der Waals surface area contributed by atoms with Crippen LogP contribution in [0.5, 0.6) is 5.75 Å². The molecule has 0 unspecified atom stereocenters. The van der Waals surface area contributed by atoms with Gasteiger partial charge in [0.2, 0.25) is 0 Å². The number of benzene rings is 2. The van der Waals surface area contributed by atoms with E-state index in [0.717, 1.165) is 27.8 Å². The molecule has 4 heteroatoms. The number of aryl methyl sites for hydroxylation is 1. The zero-order valence-corrected chi connectivity index (χ0v) is 13.7. The van der Waals surface area contributed by atoms with E-state index in [0.29, 0.717) is 12.1 Å². The summed E-state index contributed by atoms with van der Waals surface area (Å²) in [6, 6.07) is 13.4. The van der Waals surface area contributed by atoms with E-state index in [2.05, 4.69) is 21.2 Å². The monoisotopic (exact) mass is 347 g/mol. The van der Waals surface area contributed by atoms with Crippen molar-refractivity contribution in [1.29, 1.82) is 0 Å². The molecule has 0 aromatic heterocycles. The number of halogens is 1. The highest BCUT2D eigenvalue weighted by atomic mass is 79.9. The normalized spacial score (nSPS) is 10.2. The van der Waals surface area contributed by atoms with E-state index in [1.54, 1.807) is 7.11 Å². The molecule has 0 spiro atoms. The SMILES string of the molecule is COc1ccccc1CCNC(=O)c1ccc(C)c(Br)c1. The van der Waals surface area contributed by atoms with E-state index in [1.165, 1.54) is 0 Å². The van der Waals surface area contributed by atoms with Crippen molar-refractivity contribution in [3.8, 4) is 5.75 Å². The van der Waals surface area contributed by atoms with Gasteiger partial charge in [-0.2, -0.15) is 0 Å². The molecule has 2 aromatic rings. The fraction of sp³-hybridized carbons (Fsp3) is 0.235. The maximum Gasteiger partial charge on any atom is 0.251 e. The standard InChI is InChI=1S/C17H18BrNO2/c1-12-7-8-14(11-15(12)18)17(20)19-10-9-13-5-3-4-6-16(13)21-2/h3-8,11H,9-10H2,1-2H3,(H,19,20). The molecule has 0 fully saturated rings. The Labute approximate surface area is 133 Å². The Morgan fingerprint density at radius 1 is 1.24 bits per heavy atom. The second-order valence-corrected chi connectivity index (χ2v) is 5.64. The van der Waals surface area contributed by atoms with Crippen LogP contribution in [-0.4, -0.2) is 19.6 Å². The lowest BCUT2D eigenvalue weighted by atomic mass is 10.1. The molecule has 0 bridgehead atoms. The molecular weight excluding hydrogens is 330 g/mol. The first-order valence-corrected chi connectivity index (χ1v) is 7.57. The van der Waals surface area contributed by atoms with Crippen molar-refractivity contribution in [3.63, 3.8) is 0 Å². The average molecular weight is 348 g/mol. The smallest absolute Gasteiger partial charge is 0.251 e. The molecular formula is C17H18BrNO2. The van der Waals surface area contributed by atoms with Crippen LogP contribution in [0.15, 0.2) is 46.9 Å². The van der Waals surface area contributed by atoms with Crippen molar-refractivity contribution in [1.82, 2.24) is 5.32 Å². The highest BCUT2D eigenvalue weighted by Gasteiger charge is 2.07. The molecule has 0 aliphatic heterocycles. The van der Waals surface area contributed by atoms with Crippen LogP contribution >= 0.6 is 15.9 Å². The van der Waals surface area contributed by atoms with Crippen molar-refractivity contribution in [3.05, 3.63) is 63.6 Å². The molecule has 2 aromatic carbocycles. The van der Waals surface area contributed by atoms with Gasteiger partial charge < -0.3 is 10.1 Å². The summed E-state index contributed by atoms with van der Waals surface area (Å²) < 4.78 is 6.24. The summed E-state index contributed by atoms with van der Waals surface area (Å²) in [5, 5.41) is 2.93. The van der Waals surface area contributed by atoms with Crippen molar-refractivity contribution in [2.75, 3.05) is 13.7 Å². The van der Waals surface area contributed by atoms with Crippen molar-refractivity contribution < 1.29 is 9.53 Å². The molecule has 110 valence electrons. The number of ether oxygens (including phenoxy) is 1. The van der Waals surface area contributed by atoms with E-state index in [1.807, 2.05) is 49.4 Å². The van der Waals surface area contributed by atoms with Crippen LogP contribution in [-0.2, 0) is 6.42 Å². The van der Waals surface area contributed by atoms with Crippen LogP contribution in [0.4, 0.5) is 0 Å². The summed E-state index contributed by atoms with van der Waals surface area (Å²) in [5.41, 5.74) is 2.86. The minimum atomic E-state index is -0.0643. The number of hydrogen-bond acceptors (Lipinski definition) is 2. The van der Waals surface area contributed by atoms with Gasteiger partial charge in [0, 0.05) is 16.6 Å². The average Bonchev–Trinajstić information content (AvgIpc) is 2.50. The van der Waals surface area contributed by atoms with E-state index in [9.17, 15) is 4.79 Å². The van der Waals surface area contributed by atoms with Gasteiger partial charge in [-0.15, -0.1) is 0 Å². The van der Waals surface area contributed by atoms with Gasteiger partial charge in [-0.25, -0.2) is 0 Å². The van der Waals surface area contributed by atoms with Gasteiger partial charge >= 0.3 is 0 Å². The minimum absolute atomic E-state index is 0.0643. The molecule has 2 rings (SSSR count). The third-order valence-electron chi connectivity index (χ3n) is 3.31. The molecule has 1 amide bonds. The van der Waals surface area contributed by atoms with Gasteiger partial charge in [-0.1, -0.05) is 40.2 Å². The Morgan fingerprint density at radius 2 is 2.00 bits per heavy atom. The number of hydrogen-bond donors (Lipinski definition) is 1. The maximum absolute atomic E-state index is 12.1. The minimum Gasteiger partial charge on any atom is -0.496 e. The van der Waals surface area contributed by atoms with Gasteiger partial charge in [-0.3, -0.25) is 4.79 Å². The summed E-state index contributed by atoms with van der Waals surface area (Å²) in [6.07, 6.45) is 0.739. The fourth-order valence-corrected chi connectivity index (χ4v) is 2.44. The van der Waals surface area contributed by atoms with Crippen molar-refractivity contribution >= 4 is 21.8 Å². The zero-order valence-electron chi connectivity index (χ0n) is 12.2. The van der Waals surface area contributed by atoms with Crippen molar-refractivity contribution in [2.45, 2.75) is 13.3 Å². The van der Waals surface area contributed by atoms with Crippen LogP contribution in [0.2, 0.25) is 0 Å². The molecule has 3 nitrogen and oxygen atoms in total. The fourth-order valence-electron chi connectivity index (χ4n) is 2.06. The lowest BCUT2D eigenvalue weighted by molar-refractivity contribution is 0.0954. The third-order valence-corrected chi connectivity index (χ3v) is 4.16. The van der Waals surface area contributed by atoms with Gasteiger partial charge in [0.05, 0.1) is 7.11 Å². The molecule has 1 N–H and O–H groups in total. The Morgan fingerprint density at radius 3 is 2.71 bits per heavy atom. The number of para-hydroxylation sites is 1. The topological polar surface area (TPSA) is 38.3 Å². The van der Waals surface area contributed by atoms with Gasteiger partial charge in [-0.05, 0) is 42.7 Å². The first-order valence-electron chi connectivity index (χ1n) is 6.78. The molecule has 0 saturated carbocycles. The summed E-state index contributed by atoms with van der Waals surface area (Å²) in [7, 11) is 1.65. The van der Waals surface area contributed by atoms with E-state index < -0.39 is 0 Å². The summed E-state index contributed by atoms with van der Waals surface area (Å²) in [6.45, 7) is 2.57. The Kier molecular flexibility index (Phi) is 5.39. The lowest BCUT2D eigenvalue weighted by Gasteiger charge is -2.09. The molecule has 0 saturated heterocycles. The second-order valence-electron chi connectivity index (χ2n) is 4.78. The van der Waals surface area contributed by atoms with Crippen LogP contribution in [0, 0.1) is 6.92 Å². The molecule has 0 heterocycles. The van der Waals surface area contributed by atoms with Crippen molar-refractivity contribution in [2.24, 2.45) is 0 Å². The Bertz CT molecular complexity index is 640. The van der Waals surface area contributed by atoms with E-state index >= 15 is 0 Å². The van der Waals surface area contributed by atoms with Crippen LogP contribution < -0.4 is 10.1 Å². The lowest BCUT2D eigenvalue weighted by Crippen LogP contribution is -2.25. The number of nitrogens with one attached hydrogen (secondary N) is 1. The van der Waals surface area contributed by atoms with Crippen LogP contribution in [0.3, 0.4) is 0 Å². The number of methoxy groups -OCH3 is 1. The summed E-state index contributed by atoms with van der Waals surface area (Å²) in [5.74, 6) is 0.787. The van der Waals surface area contributed by atoms with Gasteiger partial charge in [0.25, 0.3) is 5.91 Å². The molecule has 0 atom stereocenters.